The first-order chi connectivity index (χ1) is 18.0. The summed E-state index contributed by atoms with van der Waals surface area (Å²) in [4.78, 5) is 59.9. The van der Waals surface area contributed by atoms with E-state index in [1.807, 2.05) is 0 Å². The molecule has 208 valence electrons. The summed E-state index contributed by atoms with van der Waals surface area (Å²) in [5.74, 6) is -4.00. The van der Waals surface area contributed by atoms with Crippen LogP contribution in [0.1, 0.15) is 43.6 Å². The Bertz CT molecular complexity index is 1050. The topological polar surface area (TPSA) is 170 Å². The maximum absolute atomic E-state index is 12.7. The Morgan fingerprint density at radius 1 is 0.895 bits per heavy atom. The fourth-order valence-electron chi connectivity index (χ4n) is 3.56. The van der Waals surface area contributed by atoms with Gasteiger partial charge in [-0.25, -0.2) is 4.79 Å². The summed E-state index contributed by atoms with van der Waals surface area (Å²) in [7, 11) is 0. The lowest BCUT2D eigenvalue weighted by molar-refractivity contribution is -0.288. The third-order valence-electron chi connectivity index (χ3n) is 4.97. The van der Waals surface area contributed by atoms with Gasteiger partial charge in [0.15, 0.2) is 12.2 Å². The van der Waals surface area contributed by atoms with Crippen LogP contribution in [-0.4, -0.2) is 78.9 Å². The standard InChI is InChI=1S/C25H30O13/c1-6-9-32-24(31)18-10-17(11-26)7-8-19(18)37-25-23(36-16(5)30)22(35-15(4)29)21(34-14(3)28)20(38-25)12-33-13(2)27/h6-8,10,20-23,25-26H,1,9,11-12H2,2-5H3/t20-,21+,22+,23-,25-/m1/s1. The van der Waals surface area contributed by atoms with E-state index in [0.717, 1.165) is 27.7 Å². The second-order valence-corrected chi connectivity index (χ2v) is 8.06. The van der Waals surface area contributed by atoms with Crippen LogP contribution in [0, 0.1) is 0 Å². The Labute approximate surface area is 218 Å². The van der Waals surface area contributed by atoms with Crippen LogP contribution in [0.15, 0.2) is 30.9 Å². The minimum atomic E-state index is -1.55. The number of hydrogen-bond acceptors (Lipinski definition) is 13. The molecule has 1 aliphatic heterocycles. The molecule has 0 spiro atoms. The van der Waals surface area contributed by atoms with Crippen LogP contribution in [0.25, 0.3) is 0 Å². The number of ether oxygens (including phenoxy) is 7. The molecule has 5 atom stereocenters. The van der Waals surface area contributed by atoms with Gasteiger partial charge >= 0.3 is 29.8 Å². The van der Waals surface area contributed by atoms with Crippen molar-refractivity contribution in [2.45, 2.75) is 65.0 Å². The first kappa shape index (κ1) is 30.3. The van der Waals surface area contributed by atoms with E-state index in [1.165, 1.54) is 24.3 Å². The monoisotopic (exact) mass is 538 g/mol. The number of hydrogen-bond donors (Lipinski definition) is 1. The zero-order chi connectivity index (χ0) is 28.4. The van der Waals surface area contributed by atoms with E-state index in [0.29, 0.717) is 5.56 Å². The molecule has 1 aromatic carbocycles. The molecule has 0 aromatic heterocycles. The number of aliphatic hydroxyl groups is 1. The molecule has 0 bridgehead atoms. The van der Waals surface area contributed by atoms with Crippen LogP contribution in [0.3, 0.4) is 0 Å². The highest BCUT2D eigenvalue weighted by Crippen LogP contribution is 2.32. The number of aliphatic hydroxyl groups excluding tert-OH is 1. The van der Waals surface area contributed by atoms with Crippen LogP contribution in [0.5, 0.6) is 5.75 Å². The van der Waals surface area contributed by atoms with Gasteiger partial charge in [0.2, 0.25) is 12.4 Å². The minimum Gasteiger partial charge on any atom is -0.463 e. The lowest BCUT2D eigenvalue weighted by atomic mass is 9.98. The molecule has 13 heteroatoms. The summed E-state index contributed by atoms with van der Waals surface area (Å²) in [5, 5.41) is 9.51. The lowest BCUT2D eigenvalue weighted by Crippen LogP contribution is -2.63. The summed E-state index contributed by atoms with van der Waals surface area (Å²) in [5.41, 5.74) is 0.260. The van der Waals surface area contributed by atoms with Gasteiger partial charge in [-0.05, 0) is 17.7 Å². The molecule has 1 heterocycles. The lowest BCUT2D eigenvalue weighted by Gasteiger charge is -2.44. The number of benzene rings is 1. The first-order valence-corrected chi connectivity index (χ1v) is 11.5. The molecular weight excluding hydrogens is 508 g/mol. The average Bonchev–Trinajstić information content (AvgIpc) is 2.84. The second kappa shape index (κ2) is 14.1. The van der Waals surface area contributed by atoms with Crippen LogP contribution in [0.4, 0.5) is 0 Å². The molecule has 1 N–H and O–H groups in total. The predicted molar refractivity (Wildman–Crippen MR) is 125 cm³/mol. The number of rotatable bonds is 11. The van der Waals surface area contributed by atoms with Crippen molar-refractivity contribution < 1.29 is 62.2 Å². The van der Waals surface area contributed by atoms with E-state index in [-0.39, 0.29) is 24.5 Å². The SMILES string of the molecule is C=CCOC(=O)c1cc(CO)ccc1O[C@@H]1O[C@H](COC(C)=O)[C@H](OC(C)=O)[C@H](OC(C)=O)[C@H]1OC(C)=O. The fourth-order valence-corrected chi connectivity index (χ4v) is 3.56. The van der Waals surface area contributed by atoms with Crippen LogP contribution < -0.4 is 4.74 Å². The van der Waals surface area contributed by atoms with E-state index in [1.54, 1.807) is 0 Å². The third-order valence-corrected chi connectivity index (χ3v) is 4.97. The number of carbonyl (C=O) groups excluding carboxylic acids is 5. The zero-order valence-corrected chi connectivity index (χ0v) is 21.4. The van der Waals surface area contributed by atoms with Crippen LogP contribution >= 0.6 is 0 Å². The molecule has 1 aromatic rings. The van der Waals surface area contributed by atoms with Gasteiger partial charge in [-0.15, -0.1) is 0 Å². The molecule has 1 saturated heterocycles. The highest BCUT2D eigenvalue weighted by molar-refractivity contribution is 5.92. The third kappa shape index (κ3) is 8.56. The number of carbonyl (C=O) groups is 5. The van der Waals surface area contributed by atoms with Crippen LogP contribution in [0.2, 0.25) is 0 Å². The zero-order valence-electron chi connectivity index (χ0n) is 21.4. The molecule has 1 aliphatic rings. The molecule has 2 rings (SSSR count). The van der Waals surface area contributed by atoms with Crippen molar-refractivity contribution in [1.82, 2.24) is 0 Å². The summed E-state index contributed by atoms with van der Waals surface area (Å²) < 4.78 is 37.9. The Balaban J connectivity index is 2.56. The molecule has 0 unspecified atom stereocenters. The van der Waals surface area contributed by atoms with Crippen molar-refractivity contribution in [2.75, 3.05) is 13.2 Å². The summed E-state index contributed by atoms with van der Waals surface area (Å²) in [6, 6.07) is 4.14. The average molecular weight is 539 g/mol. The van der Waals surface area contributed by atoms with E-state index < -0.39 is 67.2 Å². The quantitative estimate of drug-likeness (QED) is 0.240. The molecule has 13 nitrogen and oxygen atoms in total. The van der Waals surface area contributed by atoms with E-state index >= 15 is 0 Å². The van der Waals surface area contributed by atoms with Crippen LogP contribution in [-0.2, 0) is 54.2 Å². The molecule has 38 heavy (non-hydrogen) atoms. The molecule has 0 saturated carbocycles. The van der Waals surface area contributed by atoms with Crippen molar-refractivity contribution in [1.29, 1.82) is 0 Å². The van der Waals surface area contributed by atoms with Gasteiger partial charge in [0.1, 0.15) is 30.6 Å². The van der Waals surface area contributed by atoms with E-state index in [4.69, 9.17) is 33.2 Å². The van der Waals surface area contributed by atoms with Crippen molar-refractivity contribution in [3.63, 3.8) is 0 Å². The first-order valence-electron chi connectivity index (χ1n) is 11.5. The molecular formula is C25H30O13. The Hall–Kier alpha value is -3.97. The Morgan fingerprint density at radius 3 is 2.05 bits per heavy atom. The summed E-state index contributed by atoms with van der Waals surface area (Å²) in [6.07, 6.45) is -5.75. The highest BCUT2D eigenvalue weighted by Gasteiger charge is 2.53. The summed E-state index contributed by atoms with van der Waals surface area (Å²) >= 11 is 0. The number of esters is 5. The molecule has 0 amide bonds. The van der Waals surface area contributed by atoms with E-state index in [9.17, 15) is 29.1 Å². The van der Waals surface area contributed by atoms with Crippen molar-refractivity contribution >= 4 is 29.8 Å². The van der Waals surface area contributed by atoms with Gasteiger partial charge in [0, 0.05) is 27.7 Å². The Morgan fingerprint density at radius 2 is 1.50 bits per heavy atom. The van der Waals surface area contributed by atoms with Crippen molar-refractivity contribution in [3.05, 3.63) is 42.0 Å². The van der Waals surface area contributed by atoms with Gasteiger partial charge in [-0.1, -0.05) is 18.7 Å². The predicted octanol–water partition coefficient (Wildman–Crippen LogP) is 0.984. The van der Waals surface area contributed by atoms with E-state index in [2.05, 4.69) is 6.58 Å². The maximum Gasteiger partial charge on any atom is 0.342 e. The molecule has 0 radical (unpaired) electrons. The normalized spacial score (nSPS) is 22.4. The minimum absolute atomic E-state index is 0.0999. The van der Waals surface area contributed by atoms with Gasteiger partial charge in [-0.2, -0.15) is 0 Å². The van der Waals surface area contributed by atoms with Crippen molar-refractivity contribution in [3.8, 4) is 5.75 Å². The molecule has 0 aliphatic carbocycles. The van der Waals surface area contributed by atoms with Gasteiger partial charge < -0.3 is 38.3 Å². The van der Waals surface area contributed by atoms with Gasteiger partial charge in [-0.3, -0.25) is 19.2 Å². The smallest absolute Gasteiger partial charge is 0.342 e. The second-order valence-electron chi connectivity index (χ2n) is 8.06. The largest absolute Gasteiger partial charge is 0.463 e. The highest BCUT2D eigenvalue weighted by atomic mass is 16.7. The van der Waals surface area contributed by atoms with Gasteiger partial charge in [0.25, 0.3) is 0 Å². The summed E-state index contributed by atoms with van der Waals surface area (Å²) in [6.45, 7) is 6.95. The van der Waals surface area contributed by atoms with Gasteiger partial charge in [0.05, 0.1) is 6.61 Å². The molecule has 1 fully saturated rings. The fraction of sp³-hybridized carbons (Fsp3) is 0.480. The maximum atomic E-state index is 12.7. The van der Waals surface area contributed by atoms with Crippen molar-refractivity contribution in [2.24, 2.45) is 0 Å². The Kier molecular flexibility index (Phi) is 11.2.